The van der Waals surface area contributed by atoms with Crippen molar-refractivity contribution in [3.8, 4) is 5.75 Å². The zero-order valence-corrected chi connectivity index (χ0v) is 13.7. The summed E-state index contributed by atoms with van der Waals surface area (Å²) >= 11 is 3.43. The van der Waals surface area contributed by atoms with Crippen LogP contribution < -0.4 is 4.74 Å². The topological polar surface area (TPSA) is 32.7 Å². The van der Waals surface area contributed by atoms with Gasteiger partial charge in [0.25, 0.3) is 0 Å². The molecule has 0 aliphatic carbocycles. The van der Waals surface area contributed by atoms with Gasteiger partial charge in [-0.2, -0.15) is 0 Å². The molecule has 0 aromatic heterocycles. The molecule has 0 saturated carbocycles. The fourth-order valence-electron chi connectivity index (χ4n) is 2.06. The normalized spacial score (nSPS) is 13.3. The van der Waals surface area contributed by atoms with E-state index in [9.17, 15) is 5.11 Å². The SMILES string of the molecule is CC(C)N(CC(O)COc1ccccc1Br)C(C)C. The first kappa shape index (κ1) is 16.5. The molecule has 0 bridgehead atoms. The second-order valence-corrected chi connectivity index (χ2v) is 6.13. The first-order valence-corrected chi connectivity index (χ1v) is 7.52. The van der Waals surface area contributed by atoms with E-state index in [1.54, 1.807) is 0 Å². The van der Waals surface area contributed by atoms with Gasteiger partial charge in [0, 0.05) is 18.6 Å². The molecule has 1 rings (SSSR count). The van der Waals surface area contributed by atoms with E-state index in [2.05, 4.69) is 48.5 Å². The third-order valence-corrected chi connectivity index (χ3v) is 3.67. The molecule has 1 atom stereocenters. The Morgan fingerprint density at radius 1 is 1.16 bits per heavy atom. The van der Waals surface area contributed by atoms with Gasteiger partial charge >= 0.3 is 0 Å². The van der Waals surface area contributed by atoms with Crippen molar-refractivity contribution in [3.63, 3.8) is 0 Å². The van der Waals surface area contributed by atoms with Crippen LogP contribution in [0.1, 0.15) is 27.7 Å². The van der Waals surface area contributed by atoms with Crippen LogP contribution in [-0.4, -0.2) is 41.3 Å². The Bertz CT molecular complexity index is 374. The zero-order valence-electron chi connectivity index (χ0n) is 12.1. The standard InChI is InChI=1S/C15H24BrNO2/c1-11(2)17(12(3)4)9-13(18)10-19-15-8-6-5-7-14(15)16/h5-8,11-13,18H,9-10H2,1-4H3. The van der Waals surface area contributed by atoms with Gasteiger partial charge in [-0.3, -0.25) is 4.90 Å². The summed E-state index contributed by atoms with van der Waals surface area (Å²) in [4.78, 5) is 2.26. The number of rotatable bonds is 7. The van der Waals surface area contributed by atoms with Crippen molar-refractivity contribution in [1.82, 2.24) is 4.90 Å². The number of para-hydroxylation sites is 1. The quantitative estimate of drug-likeness (QED) is 0.833. The molecular formula is C15H24BrNO2. The lowest BCUT2D eigenvalue weighted by molar-refractivity contribution is 0.0443. The van der Waals surface area contributed by atoms with Crippen molar-refractivity contribution >= 4 is 15.9 Å². The van der Waals surface area contributed by atoms with Crippen LogP contribution in [0.2, 0.25) is 0 Å². The molecule has 0 aliphatic rings. The van der Waals surface area contributed by atoms with Crippen LogP contribution >= 0.6 is 15.9 Å². The molecule has 0 saturated heterocycles. The number of hydrogen-bond donors (Lipinski definition) is 1. The average Bonchev–Trinajstić information content (AvgIpc) is 2.34. The van der Waals surface area contributed by atoms with Gasteiger partial charge in [0.1, 0.15) is 18.5 Å². The molecule has 108 valence electrons. The zero-order chi connectivity index (χ0) is 14.4. The van der Waals surface area contributed by atoms with Crippen molar-refractivity contribution < 1.29 is 9.84 Å². The Balaban J connectivity index is 2.47. The maximum Gasteiger partial charge on any atom is 0.133 e. The smallest absolute Gasteiger partial charge is 0.133 e. The lowest BCUT2D eigenvalue weighted by atomic mass is 10.2. The number of benzene rings is 1. The molecule has 1 unspecified atom stereocenters. The molecule has 3 nitrogen and oxygen atoms in total. The fraction of sp³-hybridized carbons (Fsp3) is 0.600. The molecule has 0 radical (unpaired) electrons. The van der Waals surface area contributed by atoms with Crippen molar-refractivity contribution in [3.05, 3.63) is 28.7 Å². The van der Waals surface area contributed by atoms with Crippen LogP contribution in [-0.2, 0) is 0 Å². The van der Waals surface area contributed by atoms with E-state index in [1.807, 2.05) is 24.3 Å². The third kappa shape index (κ3) is 5.51. The van der Waals surface area contributed by atoms with E-state index < -0.39 is 6.10 Å². The Labute approximate surface area is 124 Å². The van der Waals surface area contributed by atoms with Gasteiger partial charge in [-0.15, -0.1) is 0 Å². The largest absolute Gasteiger partial charge is 0.490 e. The number of aliphatic hydroxyl groups is 1. The Kier molecular flexibility index (Phi) is 6.83. The highest BCUT2D eigenvalue weighted by molar-refractivity contribution is 9.10. The van der Waals surface area contributed by atoms with Crippen LogP contribution in [0.15, 0.2) is 28.7 Å². The second-order valence-electron chi connectivity index (χ2n) is 5.28. The van der Waals surface area contributed by atoms with E-state index in [0.29, 0.717) is 25.2 Å². The fourth-order valence-corrected chi connectivity index (χ4v) is 2.46. The maximum atomic E-state index is 10.1. The summed E-state index contributed by atoms with van der Waals surface area (Å²) in [6.07, 6.45) is -0.489. The van der Waals surface area contributed by atoms with Crippen LogP contribution in [0.5, 0.6) is 5.75 Å². The number of ether oxygens (including phenoxy) is 1. The van der Waals surface area contributed by atoms with E-state index in [4.69, 9.17) is 4.74 Å². The highest BCUT2D eigenvalue weighted by Crippen LogP contribution is 2.23. The Hall–Kier alpha value is -0.580. The minimum absolute atomic E-state index is 0.304. The second kappa shape index (κ2) is 7.88. The summed E-state index contributed by atoms with van der Waals surface area (Å²) in [5.41, 5.74) is 0. The minimum Gasteiger partial charge on any atom is -0.490 e. The van der Waals surface area contributed by atoms with Gasteiger partial charge in [0.05, 0.1) is 4.47 Å². The molecule has 0 heterocycles. The van der Waals surface area contributed by atoms with E-state index in [-0.39, 0.29) is 0 Å². The summed E-state index contributed by atoms with van der Waals surface area (Å²) in [6, 6.07) is 8.50. The van der Waals surface area contributed by atoms with Gasteiger partial charge < -0.3 is 9.84 Å². The molecule has 1 N–H and O–H groups in total. The molecule has 0 spiro atoms. The molecule has 1 aromatic carbocycles. The Morgan fingerprint density at radius 3 is 2.26 bits per heavy atom. The van der Waals surface area contributed by atoms with E-state index >= 15 is 0 Å². The first-order chi connectivity index (χ1) is 8.91. The highest BCUT2D eigenvalue weighted by atomic mass is 79.9. The van der Waals surface area contributed by atoms with Crippen LogP contribution in [0.25, 0.3) is 0 Å². The number of hydrogen-bond acceptors (Lipinski definition) is 3. The van der Waals surface area contributed by atoms with E-state index in [0.717, 1.165) is 10.2 Å². The highest BCUT2D eigenvalue weighted by Gasteiger charge is 2.18. The molecule has 0 fully saturated rings. The van der Waals surface area contributed by atoms with Crippen LogP contribution in [0, 0.1) is 0 Å². The number of halogens is 1. The number of aliphatic hydroxyl groups excluding tert-OH is 1. The monoisotopic (exact) mass is 329 g/mol. The lowest BCUT2D eigenvalue weighted by Gasteiger charge is -2.32. The molecule has 19 heavy (non-hydrogen) atoms. The van der Waals surface area contributed by atoms with Crippen molar-refractivity contribution in [2.24, 2.45) is 0 Å². The maximum absolute atomic E-state index is 10.1. The van der Waals surface area contributed by atoms with Crippen LogP contribution in [0.4, 0.5) is 0 Å². The van der Waals surface area contributed by atoms with Crippen molar-refractivity contribution in [2.75, 3.05) is 13.2 Å². The summed E-state index contributed by atoms with van der Waals surface area (Å²) in [5.74, 6) is 0.766. The average molecular weight is 330 g/mol. The third-order valence-electron chi connectivity index (χ3n) is 3.02. The van der Waals surface area contributed by atoms with Gasteiger partial charge in [-0.1, -0.05) is 12.1 Å². The minimum atomic E-state index is -0.489. The summed E-state index contributed by atoms with van der Waals surface area (Å²) in [6.45, 7) is 9.49. The summed E-state index contributed by atoms with van der Waals surface area (Å²) in [5, 5.41) is 10.1. The predicted molar refractivity (Wildman–Crippen MR) is 82.6 cm³/mol. The Morgan fingerprint density at radius 2 is 1.74 bits per heavy atom. The summed E-state index contributed by atoms with van der Waals surface area (Å²) < 4.78 is 6.54. The van der Waals surface area contributed by atoms with Gasteiger partial charge in [0.2, 0.25) is 0 Å². The molecule has 0 aliphatic heterocycles. The van der Waals surface area contributed by atoms with Crippen LogP contribution in [0.3, 0.4) is 0 Å². The molecular weight excluding hydrogens is 306 g/mol. The van der Waals surface area contributed by atoms with Gasteiger partial charge in [-0.25, -0.2) is 0 Å². The molecule has 0 amide bonds. The number of nitrogens with zero attached hydrogens (tertiary/aromatic N) is 1. The van der Waals surface area contributed by atoms with Crippen molar-refractivity contribution in [2.45, 2.75) is 45.9 Å². The van der Waals surface area contributed by atoms with Gasteiger partial charge in [-0.05, 0) is 55.8 Å². The first-order valence-electron chi connectivity index (χ1n) is 6.73. The predicted octanol–water partition coefficient (Wildman–Crippen LogP) is 3.31. The summed E-state index contributed by atoms with van der Waals surface area (Å²) in [7, 11) is 0. The van der Waals surface area contributed by atoms with Gasteiger partial charge in [0.15, 0.2) is 0 Å². The molecule has 4 heteroatoms. The van der Waals surface area contributed by atoms with Crippen molar-refractivity contribution in [1.29, 1.82) is 0 Å². The lowest BCUT2D eigenvalue weighted by Crippen LogP contribution is -2.43. The van der Waals surface area contributed by atoms with E-state index in [1.165, 1.54) is 0 Å². The molecule has 1 aromatic rings.